The molecule has 0 bridgehead atoms. The minimum absolute atomic E-state index is 0.178. The lowest BCUT2D eigenvalue weighted by molar-refractivity contribution is 0.0948. The number of nitrogens with one attached hydrogen (secondary N) is 2. The Bertz CT molecular complexity index is 1000. The molecule has 0 unspecified atom stereocenters. The number of aryl methyl sites for hydroxylation is 1. The topological polar surface area (TPSA) is 98.1 Å². The first-order valence-electron chi connectivity index (χ1n) is 9.86. The maximum absolute atomic E-state index is 12.2. The van der Waals surface area contributed by atoms with Crippen LogP contribution in [0.3, 0.4) is 0 Å². The zero-order chi connectivity index (χ0) is 21.3. The number of aromatic nitrogens is 3. The summed E-state index contributed by atoms with van der Waals surface area (Å²) in [6.07, 6.45) is 3.22. The molecular weight excluding hydrogens is 382 g/mol. The lowest BCUT2D eigenvalue weighted by Crippen LogP contribution is -2.22. The molecule has 0 aliphatic heterocycles. The second-order valence-corrected chi connectivity index (χ2v) is 6.61. The second-order valence-electron chi connectivity index (χ2n) is 6.61. The van der Waals surface area contributed by atoms with Gasteiger partial charge in [0.2, 0.25) is 0 Å². The Morgan fingerprint density at radius 2 is 1.90 bits per heavy atom. The van der Waals surface area contributed by atoms with Gasteiger partial charge in [0.05, 0.1) is 12.8 Å². The van der Waals surface area contributed by atoms with Crippen molar-refractivity contribution in [3.8, 4) is 11.4 Å². The molecule has 0 atom stereocenters. The minimum Gasteiger partial charge on any atom is -0.491 e. The van der Waals surface area contributed by atoms with Gasteiger partial charge < -0.3 is 15.4 Å². The van der Waals surface area contributed by atoms with E-state index in [0.717, 1.165) is 12.8 Å². The van der Waals surface area contributed by atoms with Gasteiger partial charge in [0.25, 0.3) is 11.8 Å². The number of nitrogens with zero attached hydrogens (tertiary/aromatic N) is 3. The lowest BCUT2D eigenvalue weighted by Gasteiger charge is -2.13. The fourth-order valence-corrected chi connectivity index (χ4v) is 2.94. The molecule has 2 aromatic carbocycles. The van der Waals surface area contributed by atoms with E-state index in [-0.39, 0.29) is 17.5 Å². The summed E-state index contributed by atoms with van der Waals surface area (Å²) in [6.45, 7) is 2.87. The number of hydrogen-bond acceptors (Lipinski definition) is 5. The third kappa shape index (κ3) is 5.22. The van der Waals surface area contributed by atoms with Crippen LogP contribution < -0.4 is 15.4 Å². The Hall–Kier alpha value is -3.68. The Morgan fingerprint density at radius 1 is 1.10 bits per heavy atom. The van der Waals surface area contributed by atoms with Gasteiger partial charge in [-0.2, -0.15) is 0 Å². The van der Waals surface area contributed by atoms with Crippen molar-refractivity contribution in [2.45, 2.75) is 19.8 Å². The van der Waals surface area contributed by atoms with Crippen LogP contribution in [-0.2, 0) is 6.42 Å². The van der Waals surface area contributed by atoms with Gasteiger partial charge in [-0.25, -0.2) is 4.68 Å². The van der Waals surface area contributed by atoms with Crippen LogP contribution in [0.2, 0.25) is 0 Å². The number of hydrogen-bond donors (Lipinski definition) is 2. The maximum Gasteiger partial charge on any atom is 0.273 e. The molecule has 1 aromatic heterocycles. The van der Waals surface area contributed by atoms with E-state index in [4.69, 9.17) is 4.74 Å². The van der Waals surface area contributed by atoms with Crippen LogP contribution in [0.5, 0.6) is 5.75 Å². The van der Waals surface area contributed by atoms with Gasteiger partial charge in [0.1, 0.15) is 11.4 Å². The van der Waals surface area contributed by atoms with E-state index in [2.05, 4.69) is 33.1 Å². The highest BCUT2D eigenvalue weighted by atomic mass is 16.5. The first-order chi connectivity index (χ1) is 14.6. The Kier molecular flexibility index (Phi) is 7.15. The highest BCUT2D eigenvalue weighted by Gasteiger charge is 2.15. The van der Waals surface area contributed by atoms with Crippen LogP contribution in [0.15, 0.2) is 54.7 Å². The smallest absolute Gasteiger partial charge is 0.273 e. The summed E-state index contributed by atoms with van der Waals surface area (Å²) in [7, 11) is 1.53. The van der Waals surface area contributed by atoms with Crippen molar-refractivity contribution in [3.05, 3.63) is 71.5 Å². The van der Waals surface area contributed by atoms with Crippen molar-refractivity contribution < 1.29 is 14.3 Å². The van der Waals surface area contributed by atoms with E-state index >= 15 is 0 Å². The number of amides is 2. The van der Waals surface area contributed by atoms with Crippen LogP contribution in [0, 0.1) is 0 Å². The quantitative estimate of drug-likeness (QED) is 0.531. The molecule has 8 heteroatoms. The van der Waals surface area contributed by atoms with E-state index in [1.807, 2.05) is 25.1 Å². The Balaban J connectivity index is 1.79. The molecule has 0 saturated carbocycles. The second kappa shape index (κ2) is 10.2. The summed E-state index contributed by atoms with van der Waals surface area (Å²) in [5.74, 6) is -0.00600. The van der Waals surface area contributed by atoms with Crippen molar-refractivity contribution in [2.24, 2.45) is 0 Å². The third-order valence-electron chi connectivity index (χ3n) is 4.47. The van der Waals surface area contributed by atoms with Crippen LogP contribution in [-0.4, -0.2) is 47.0 Å². The molecule has 3 aromatic rings. The summed E-state index contributed by atoms with van der Waals surface area (Å²) in [6, 6.07) is 15.3. The minimum atomic E-state index is -0.328. The van der Waals surface area contributed by atoms with Gasteiger partial charge in [0, 0.05) is 19.2 Å². The average molecular weight is 407 g/mol. The average Bonchev–Trinajstić information content (AvgIpc) is 3.27. The molecule has 2 amide bonds. The largest absolute Gasteiger partial charge is 0.491 e. The number of ether oxygens (including phenoxy) is 1. The van der Waals surface area contributed by atoms with E-state index < -0.39 is 0 Å². The highest BCUT2D eigenvalue weighted by molar-refractivity contribution is 5.95. The van der Waals surface area contributed by atoms with E-state index in [0.29, 0.717) is 30.2 Å². The molecule has 8 nitrogen and oxygen atoms in total. The molecular formula is C22H25N5O3. The fourth-order valence-electron chi connectivity index (χ4n) is 2.94. The van der Waals surface area contributed by atoms with Gasteiger partial charge in [0.15, 0.2) is 5.69 Å². The first-order valence-corrected chi connectivity index (χ1v) is 9.86. The van der Waals surface area contributed by atoms with Crippen molar-refractivity contribution in [1.82, 2.24) is 25.6 Å². The standard InChI is InChI=1S/C22H25N5O3/c1-3-24-21(28)17-11-12-19(27-15-18(25-26-27)22(29)23-2)20(14-17)30-13-7-10-16-8-5-4-6-9-16/h4-6,8-9,11-12,14-15H,3,7,10,13H2,1-2H3,(H,23,29)(H,24,28). The molecule has 0 aliphatic carbocycles. The van der Waals surface area contributed by atoms with Crippen LogP contribution in [0.25, 0.3) is 5.69 Å². The van der Waals surface area contributed by atoms with Gasteiger partial charge >= 0.3 is 0 Å². The predicted molar refractivity (Wildman–Crippen MR) is 113 cm³/mol. The Morgan fingerprint density at radius 3 is 2.63 bits per heavy atom. The summed E-state index contributed by atoms with van der Waals surface area (Å²) >= 11 is 0. The molecule has 3 rings (SSSR count). The number of carbonyl (C=O) groups excluding carboxylic acids is 2. The predicted octanol–water partition coefficient (Wildman–Crippen LogP) is 2.39. The third-order valence-corrected chi connectivity index (χ3v) is 4.47. The number of benzene rings is 2. The number of rotatable bonds is 9. The molecule has 0 radical (unpaired) electrons. The molecule has 156 valence electrons. The number of carbonyl (C=O) groups is 2. The van der Waals surface area contributed by atoms with Gasteiger partial charge in [-0.15, -0.1) is 5.10 Å². The van der Waals surface area contributed by atoms with E-state index in [1.54, 1.807) is 18.2 Å². The summed E-state index contributed by atoms with van der Waals surface area (Å²) < 4.78 is 7.48. The molecule has 2 N–H and O–H groups in total. The van der Waals surface area contributed by atoms with Crippen LogP contribution >= 0.6 is 0 Å². The maximum atomic E-state index is 12.2. The normalized spacial score (nSPS) is 10.5. The SMILES string of the molecule is CCNC(=O)c1ccc(-n2cc(C(=O)NC)nn2)c(OCCCc2ccccc2)c1. The zero-order valence-electron chi connectivity index (χ0n) is 17.1. The van der Waals surface area contributed by atoms with Crippen LogP contribution in [0.4, 0.5) is 0 Å². The van der Waals surface area contributed by atoms with Gasteiger partial charge in [-0.1, -0.05) is 35.5 Å². The van der Waals surface area contributed by atoms with Crippen molar-refractivity contribution in [2.75, 3.05) is 20.2 Å². The first kappa shape index (κ1) is 21.0. The molecule has 1 heterocycles. The summed E-state index contributed by atoms with van der Waals surface area (Å²) in [5.41, 5.74) is 2.53. The molecule has 0 fully saturated rings. The van der Waals surface area contributed by atoms with Gasteiger partial charge in [-0.3, -0.25) is 9.59 Å². The molecule has 30 heavy (non-hydrogen) atoms. The molecule has 0 saturated heterocycles. The van der Waals surface area contributed by atoms with Crippen molar-refractivity contribution >= 4 is 11.8 Å². The fraction of sp³-hybridized carbons (Fsp3) is 0.273. The van der Waals surface area contributed by atoms with E-state index in [9.17, 15) is 9.59 Å². The van der Waals surface area contributed by atoms with Crippen molar-refractivity contribution in [3.63, 3.8) is 0 Å². The van der Waals surface area contributed by atoms with Crippen molar-refractivity contribution in [1.29, 1.82) is 0 Å². The molecule has 0 aliphatic rings. The molecule has 0 spiro atoms. The Labute approximate surface area is 175 Å². The van der Waals surface area contributed by atoms with E-state index in [1.165, 1.54) is 23.5 Å². The highest BCUT2D eigenvalue weighted by Crippen LogP contribution is 2.25. The van der Waals surface area contributed by atoms with Gasteiger partial charge in [-0.05, 0) is 43.5 Å². The zero-order valence-corrected chi connectivity index (χ0v) is 17.1. The lowest BCUT2D eigenvalue weighted by atomic mass is 10.1. The summed E-state index contributed by atoms with van der Waals surface area (Å²) in [5, 5.41) is 13.2. The monoisotopic (exact) mass is 407 g/mol. The summed E-state index contributed by atoms with van der Waals surface area (Å²) in [4.78, 5) is 24.0. The van der Waals surface area contributed by atoms with Crippen LogP contribution in [0.1, 0.15) is 39.8 Å².